The molecule has 184 valence electrons. The number of anilines is 1. The Labute approximate surface area is 208 Å². The van der Waals surface area contributed by atoms with Crippen molar-refractivity contribution in [2.45, 2.75) is 6.92 Å². The molecule has 0 bridgehead atoms. The number of nitrogens with one attached hydrogen (secondary N) is 2. The normalized spacial score (nSPS) is 13.7. The summed E-state index contributed by atoms with van der Waals surface area (Å²) in [6.07, 6.45) is 3.30. The van der Waals surface area contributed by atoms with Crippen LogP contribution in [0.4, 0.5) is 5.82 Å². The maximum atomic E-state index is 13.3. The van der Waals surface area contributed by atoms with Crippen molar-refractivity contribution in [1.82, 2.24) is 14.9 Å². The van der Waals surface area contributed by atoms with Crippen molar-refractivity contribution in [2.75, 3.05) is 44.8 Å². The van der Waals surface area contributed by atoms with Crippen molar-refractivity contribution >= 4 is 45.1 Å². The molecule has 36 heavy (non-hydrogen) atoms. The van der Waals surface area contributed by atoms with Gasteiger partial charge in [-0.25, -0.2) is 4.98 Å². The van der Waals surface area contributed by atoms with Crippen LogP contribution >= 0.6 is 0 Å². The van der Waals surface area contributed by atoms with Crippen LogP contribution in [-0.4, -0.2) is 72.4 Å². The quantitative estimate of drug-likeness (QED) is 0.187. The molecule has 1 saturated heterocycles. The van der Waals surface area contributed by atoms with E-state index in [9.17, 15) is 9.59 Å². The third-order valence-electron chi connectivity index (χ3n) is 6.51. The van der Waals surface area contributed by atoms with Crippen LogP contribution in [0.2, 0.25) is 0 Å². The first-order valence-corrected chi connectivity index (χ1v) is 11.9. The zero-order chi connectivity index (χ0) is 25.2. The van der Waals surface area contributed by atoms with E-state index in [2.05, 4.69) is 20.9 Å². The van der Waals surface area contributed by atoms with Crippen molar-refractivity contribution in [2.24, 2.45) is 0 Å². The van der Waals surface area contributed by atoms with Gasteiger partial charge in [0.25, 0.3) is 11.7 Å². The summed E-state index contributed by atoms with van der Waals surface area (Å²) < 4.78 is 10.8. The first kappa shape index (κ1) is 23.3. The van der Waals surface area contributed by atoms with Crippen molar-refractivity contribution in [3.05, 3.63) is 66.0 Å². The van der Waals surface area contributed by atoms with Gasteiger partial charge >= 0.3 is 0 Å². The first-order chi connectivity index (χ1) is 17.5. The van der Waals surface area contributed by atoms with Gasteiger partial charge in [0.15, 0.2) is 0 Å². The van der Waals surface area contributed by atoms with Gasteiger partial charge in [-0.1, -0.05) is 24.3 Å². The average Bonchev–Trinajstić information content (AvgIpc) is 3.37. The Hall–Kier alpha value is -4.40. The number of fused-ring (bicyclic) bond motifs is 2. The van der Waals surface area contributed by atoms with Gasteiger partial charge < -0.3 is 24.3 Å². The van der Waals surface area contributed by atoms with E-state index in [4.69, 9.17) is 14.9 Å². The third kappa shape index (κ3) is 4.02. The monoisotopic (exact) mass is 485 g/mol. The number of carbonyl (C=O) groups is 2. The molecular weight excluding hydrogens is 458 g/mol. The molecule has 1 aliphatic heterocycles. The van der Waals surface area contributed by atoms with Crippen molar-refractivity contribution < 1.29 is 19.1 Å². The van der Waals surface area contributed by atoms with Crippen molar-refractivity contribution in [1.29, 1.82) is 5.41 Å². The number of aromatic amines is 1. The lowest BCUT2D eigenvalue weighted by Crippen LogP contribution is -2.50. The molecular formula is C27H27N5O4. The van der Waals surface area contributed by atoms with Gasteiger partial charge in [-0.15, -0.1) is 0 Å². The number of amides is 1. The summed E-state index contributed by atoms with van der Waals surface area (Å²) in [6.45, 7) is 4.12. The molecule has 1 aliphatic rings. The molecule has 4 aromatic rings. The van der Waals surface area contributed by atoms with E-state index in [1.807, 2.05) is 24.3 Å². The second-order valence-corrected chi connectivity index (χ2v) is 8.49. The lowest BCUT2D eigenvalue weighted by molar-refractivity contribution is -0.126. The lowest BCUT2D eigenvalue weighted by atomic mass is 10.0. The van der Waals surface area contributed by atoms with Crippen molar-refractivity contribution in [3.63, 3.8) is 0 Å². The van der Waals surface area contributed by atoms with Crippen LogP contribution in [0.5, 0.6) is 5.75 Å². The minimum Gasteiger partial charge on any atom is -0.496 e. The number of rotatable bonds is 6. The fourth-order valence-corrected chi connectivity index (χ4v) is 4.71. The predicted octanol–water partition coefficient (Wildman–Crippen LogP) is 3.62. The standard InChI is InChI=1S/C27H27N5O4/c1-3-36-25(28)19-8-9-21(35-2)22-20(16-30-23(19)22)24(33)27(34)32-14-12-31(13-15-32)26-18-7-5-4-6-17(18)10-11-29-26/h4-11,16,28,30H,3,12-15H2,1-2H3. The Kier molecular flexibility index (Phi) is 6.28. The molecule has 0 radical (unpaired) electrons. The lowest BCUT2D eigenvalue weighted by Gasteiger charge is -2.35. The SMILES string of the molecule is CCOC(=N)c1ccc(OC)c2c(C(=O)C(=O)N3CCN(c4nccc5ccccc45)CC3)c[nH]c12. The van der Waals surface area contributed by atoms with E-state index < -0.39 is 11.7 Å². The fraction of sp³-hybridized carbons (Fsp3) is 0.259. The largest absolute Gasteiger partial charge is 0.496 e. The van der Waals surface area contributed by atoms with Gasteiger partial charge in [-0.05, 0) is 30.5 Å². The summed E-state index contributed by atoms with van der Waals surface area (Å²) in [5, 5.41) is 10.8. The van der Waals surface area contributed by atoms with Crippen LogP contribution < -0.4 is 9.64 Å². The topological polar surface area (TPSA) is 112 Å². The number of pyridine rings is 1. The number of methoxy groups -OCH3 is 1. The number of ketones is 1. The molecule has 0 aliphatic carbocycles. The Morgan fingerprint density at radius 3 is 2.58 bits per heavy atom. The van der Waals surface area contributed by atoms with E-state index in [0.717, 1.165) is 16.6 Å². The number of nitrogens with zero attached hydrogens (tertiary/aromatic N) is 3. The van der Waals surface area contributed by atoms with E-state index in [1.54, 1.807) is 30.2 Å². The van der Waals surface area contributed by atoms with E-state index >= 15 is 0 Å². The predicted molar refractivity (Wildman–Crippen MR) is 138 cm³/mol. The zero-order valence-electron chi connectivity index (χ0n) is 20.2. The first-order valence-electron chi connectivity index (χ1n) is 11.9. The van der Waals surface area contributed by atoms with Crippen LogP contribution in [0.3, 0.4) is 0 Å². The molecule has 1 fully saturated rings. The van der Waals surface area contributed by atoms with E-state index in [-0.39, 0.29) is 11.5 Å². The van der Waals surface area contributed by atoms with Gasteiger partial charge in [-0.2, -0.15) is 0 Å². The van der Waals surface area contributed by atoms with Gasteiger partial charge in [0.2, 0.25) is 5.90 Å². The van der Waals surface area contributed by atoms with Crippen LogP contribution in [-0.2, 0) is 9.53 Å². The minimum absolute atomic E-state index is 0.0181. The Morgan fingerprint density at radius 1 is 1.06 bits per heavy atom. The molecule has 2 aromatic carbocycles. The highest BCUT2D eigenvalue weighted by atomic mass is 16.5. The summed E-state index contributed by atoms with van der Waals surface area (Å²) in [5.74, 6) is 0.139. The Bertz CT molecular complexity index is 1460. The van der Waals surface area contributed by atoms with E-state index in [1.165, 1.54) is 13.3 Å². The van der Waals surface area contributed by atoms with Crippen molar-refractivity contribution in [3.8, 4) is 5.75 Å². The molecule has 0 unspecified atom stereocenters. The maximum Gasteiger partial charge on any atom is 0.295 e. The second-order valence-electron chi connectivity index (χ2n) is 8.49. The molecule has 9 heteroatoms. The number of piperazine rings is 1. The Morgan fingerprint density at radius 2 is 1.83 bits per heavy atom. The fourth-order valence-electron chi connectivity index (χ4n) is 4.71. The molecule has 0 saturated carbocycles. The van der Waals surface area contributed by atoms with Gasteiger partial charge in [0, 0.05) is 44.0 Å². The summed E-state index contributed by atoms with van der Waals surface area (Å²) >= 11 is 0. The van der Waals surface area contributed by atoms with Gasteiger partial charge in [-0.3, -0.25) is 15.0 Å². The van der Waals surface area contributed by atoms with Crippen LogP contribution in [0.1, 0.15) is 22.8 Å². The van der Waals surface area contributed by atoms with E-state index in [0.29, 0.717) is 55.0 Å². The molecule has 1 amide bonds. The molecule has 0 atom stereocenters. The minimum atomic E-state index is -0.614. The number of ether oxygens (including phenoxy) is 2. The number of carbonyl (C=O) groups excluding carboxylic acids is 2. The highest BCUT2D eigenvalue weighted by Crippen LogP contribution is 2.32. The molecule has 2 aromatic heterocycles. The highest BCUT2D eigenvalue weighted by Gasteiger charge is 2.30. The number of hydrogen-bond donors (Lipinski definition) is 2. The third-order valence-corrected chi connectivity index (χ3v) is 6.51. The summed E-state index contributed by atoms with van der Waals surface area (Å²) in [4.78, 5) is 37.9. The second kappa shape index (κ2) is 9.69. The summed E-state index contributed by atoms with van der Waals surface area (Å²) in [6, 6.07) is 13.4. The zero-order valence-corrected chi connectivity index (χ0v) is 20.2. The van der Waals surface area contributed by atoms with Crippen LogP contribution in [0.15, 0.2) is 54.9 Å². The number of hydrogen-bond acceptors (Lipinski definition) is 7. The average molecular weight is 486 g/mol. The highest BCUT2D eigenvalue weighted by molar-refractivity contribution is 6.45. The molecule has 2 N–H and O–H groups in total. The number of benzene rings is 2. The Balaban J connectivity index is 1.37. The van der Waals surface area contributed by atoms with Gasteiger partial charge in [0.05, 0.1) is 35.7 Å². The number of Topliss-reactive ketones (excluding diaryl/α,β-unsaturated/α-hetero) is 1. The van der Waals surface area contributed by atoms with Gasteiger partial charge in [0.1, 0.15) is 11.6 Å². The number of aromatic nitrogens is 2. The molecule has 0 spiro atoms. The molecule has 3 heterocycles. The molecule has 5 rings (SSSR count). The number of H-pyrrole nitrogens is 1. The summed E-state index contributed by atoms with van der Waals surface area (Å²) in [5.41, 5.74) is 1.24. The smallest absolute Gasteiger partial charge is 0.295 e. The molecule has 9 nitrogen and oxygen atoms in total. The summed E-state index contributed by atoms with van der Waals surface area (Å²) in [7, 11) is 1.51. The van der Waals surface area contributed by atoms with Crippen LogP contribution in [0.25, 0.3) is 21.7 Å². The van der Waals surface area contributed by atoms with Crippen LogP contribution in [0, 0.1) is 5.41 Å². The maximum absolute atomic E-state index is 13.3.